The molecule has 0 heterocycles. The summed E-state index contributed by atoms with van der Waals surface area (Å²) in [5.74, 6) is -0.500. The summed E-state index contributed by atoms with van der Waals surface area (Å²) >= 11 is 5.83. The van der Waals surface area contributed by atoms with Crippen molar-refractivity contribution in [3.63, 3.8) is 0 Å². The molecule has 0 aliphatic carbocycles. The van der Waals surface area contributed by atoms with Gasteiger partial charge < -0.3 is 4.74 Å². The van der Waals surface area contributed by atoms with Crippen molar-refractivity contribution in [2.24, 2.45) is 0 Å². The average Bonchev–Trinajstić information content (AvgIpc) is 2.49. The SMILES string of the molecule is Cc1ccc(S(=O)(=O)CCC(=O)Oc2ccc(Cl)cc2C)cc1. The number of sulfone groups is 1. The van der Waals surface area contributed by atoms with Crippen molar-refractivity contribution in [1.29, 1.82) is 0 Å². The van der Waals surface area contributed by atoms with Gasteiger partial charge in [0.25, 0.3) is 0 Å². The van der Waals surface area contributed by atoms with Crippen LogP contribution in [0.25, 0.3) is 0 Å². The lowest BCUT2D eigenvalue weighted by atomic mass is 10.2. The molecule has 6 heteroatoms. The van der Waals surface area contributed by atoms with Crippen LogP contribution in [0.3, 0.4) is 0 Å². The van der Waals surface area contributed by atoms with Crippen LogP contribution in [0.15, 0.2) is 47.4 Å². The van der Waals surface area contributed by atoms with Gasteiger partial charge in [0.05, 0.1) is 17.1 Å². The number of benzene rings is 2. The Morgan fingerprint density at radius 2 is 1.74 bits per heavy atom. The minimum absolute atomic E-state index is 0.207. The number of hydrogen-bond acceptors (Lipinski definition) is 4. The van der Waals surface area contributed by atoms with Gasteiger partial charge in [-0.15, -0.1) is 0 Å². The molecule has 0 amide bonds. The topological polar surface area (TPSA) is 60.4 Å². The number of rotatable bonds is 5. The van der Waals surface area contributed by atoms with Crippen LogP contribution in [0.5, 0.6) is 5.75 Å². The maximum Gasteiger partial charge on any atom is 0.312 e. The number of esters is 1. The van der Waals surface area contributed by atoms with Crippen molar-refractivity contribution < 1.29 is 17.9 Å². The lowest BCUT2D eigenvalue weighted by Crippen LogP contribution is -2.16. The second-order valence-corrected chi connectivity index (χ2v) is 7.81. The smallest absolute Gasteiger partial charge is 0.312 e. The van der Waals surface area contributed by atoms with E-state index in [2.05, 4.69) is 0 Å². The van der Waals surface area contributed by atoms with Crippen molar-refractivity contribution in [3.8, 4) is 5.75 Å². The Balaban J connectivity index is 1.99. The molecule has 0 N–H and O–H groups in total. The van der Waals surface area contributed by atoms with Crippen molar-refractivity contribution in [2.45, 2.75) is 25.2 Å². The van der Waals surface area contributed by atoms with Gasteiger partial charge in [-0.2, -0.15) is 0 Å². The summed E-state index contributed by atoms with van der Waals surface area (Å²) in [7, 11) is -3.50. The molecular formula is C17H17ClO4S. The first kappa shape index (κ1) is 17.5. The largest absolute Gasteiger partial charge is 0.426 e. The highest BCUT2D eigenvalue weighted by Gasteiger charge is 2.17. The van der Waals surface area contributed by atoms with Gasteiger partial charge in [0.15, 0.2) is 9.84 Å². The molecule has 0 aliphatic heterocycles. The molecule has 122 valence electrons. The zero-order valence-corrected chi connectivity index (χ0v) is 14.4. The van der Waals surface area contributed by atoms with E-state index in [-0.39, 0.29) is 17.1 Å². The number of carbonyl (C=O) groups is 1. The fraction of sp³-hybridized carbons (Fsp3) is 0.235. The molecule has 4 nitrogen and oxygen atoms in total. The van der Waals surface area contributed by atoms with Crippen LogP contribution in [0.2, 0.25) is 5.02 Å². The zero-order valence-electron chi connectivity index (χ0n) is 12.9. The van der Waals surface area contributed by atoms with E-state index in [1.807, 2.05) is 6.92 Å². The van der Waals surface area contributed by atoms with E-state index in [0.717, 1.165) is 5.56 Å². The van der Waals surface area contributed by atoms with Crippen molar-refractivity contribution >= 4 is 27.4 Å². The van der Waals surface area contributed by atoms with Gasteiger partial charge in [-0.05, 0) is 49.7 Å². The van der Waals surface area contributed by atoms with Gasteiger partial charge >= 0.3 is 5.97 Å². The van der Waals surface area contributed by atoms with Crippen LogP contribution >= 0.6 is 11.6 Å². The van der Waals surface area contributed by atoms with Crippen molar-refractivity contribution in [3.05, 3.63) is 58.6 Å². The molecule has 2 aromatic rings. The molecule has 0 saturated heterocycles. The van der Waals surface area contributed by atoms with E-state index in [1.165, 1.54) is 0 Å². The van der Waals surface area contributed by atoms with E-state index in [4.69, 9.17) is 16.3 Å². The molecule has 0 unspecified atom stereocenters. The molecule has 0 aliphatic rings. The summed E-state index contributed by atoms with van der Waals surface area (Å²) in [6.45, 7) is 3.64. The van der Waals surface area contributed by atoms with E-state index < -0.39 is 15.8 Å². The minimum Gasteiger partial charge on any atom is -0.426 e. The minimum atomic E-state index is -3.50. The molecule has 0 aromatic heterocycles. The molecule has 23 heavy (non-hydrogen) atoms. The second kappa shape index (κ2) is 7.15. The van der Waals surface area contributed by atoms with Crippen LogP contribution in [0, 0.1) is 13.8 Å². The normalized spacial score (nSPS) is 11.3. The van der Waals surface area contributed by atoms with Gasteiger partial charge in [-0.25, -0.2) is 8.42 Å². The van der Waals surface area contributed by atoms with Crippen LogP contribution in [-0.2, 0) is 14.6 Å². The van der Waals surface area contributed by atoms with Crippen LogP contribution < -0.4 is 4.74 Å². The first-order chi connectivity index (χ1) is 10.8. The fourth-order valence-electron chi connectivity index (χ4n) is 1.98. The number of hydrogen-bond donors (Lipinski definition) is 0. The molecule has 0 bridgehead atoms. The molecule has 2 rings (SSSR count). The maximum atomic E-state index is 12.2. The van der Waals surface area contributed by atoms with Gasteiger partial charge in [0, 0.05) is 5.02 Å². The lowest BCUT2D eigenvalue weighted by molar-refractivity contribution is -0.133. The third kappa shape index (κ3) is 4.81. The number of ether oxygens (including phenoxy) is 1. The van der Waals surface area contributed by atoms with Gasteiger partial charge in [-0.3, -0.25) is 4.79 Å². The summed E-state index contributed by atoms with van der Waals surface area (Å²) < 4.78 is 29.6. The highest BCUT2D eigenvalue weighted by atomic mass is 35.5. The Hall–Kier alpha value is -1.85. The van der Waals surface area contributed by atoms with E-state index in [1.54, 1.807) is 49.4 Å². The lowest BCUT2D eigenvalue weighted by Gasteiger charge is -2.08. The highest BCUT2D eigenvalue weighted by Crippen LogP contribution is 2.22. The Morgan fingerprint density at radius 3 is 2.35 bits per heavy atom. The Kier molecular flexibility index (Phi) is 5.44. The Bertz CT molecular complexity index is 811. The number of aryl methyl sites for hydroxylation is 2. The summed E-state index contributed by atoms with van der Waals surface area (Å²) in [5.41, 5.74) is 1.69. The summed E-state index contributed by atoms with van der Waals surface area (Å²) in [5, 5.41) is 0.546. The first-order valence-corrected chi connectivity index (χ1v) is 9.07. The molecule has 0 saturated carbocycles. The standard InChI is InChI=1S/C17H17ClO4S/c1-12-3-6-15(7-4-12)23(20,21)10-9-17(19)22-16-8-5-14(18)11-13(16)2/h3-8,11H,9-10H2,1-2H3. The molecule has 0 radical (unpaired) electrons. The molecule has 2 aromatic carbocycles. The van der Waals surface area contributed by atoms with Crippen LogP contribution in [0.1, 0.15) is 17.5 Å². The summed E-state index contributed by atoms with van der Waals surface area (Å²) in [4.78, 5) is 12.1. The first-order valence-electron chi connectivity index (χ1n) is 7.04. The fourth-order valence-corrected chi connectivity index (χ4v) is 3.43. The molecule has 0 fully saturated rings. The van der Waals surface area contributed by atoms with Gasteiger partial charge in [0.1, 0.15) is 5.75 Å². The maximum absolute atomic E-state index is 12.2. The van der Waals surface area contributed by atoms with Gasteiger partial charge in [0.2, 0.25) is 0 Å². The van der Waals surface area contributed by atoms with E-state index >= 15 is 0 Å². The predicted octanol–water partition coefficient (Wildman–Crippen LogP) is 3.73. The van der Waals surface area contributed by atoms with Gasteiger partial charge in [-0.1, -0.05) is 29.3 Å². The molecule has 0 atom stereocenters. The average molecular weight is 353 g/mol. The van der Waals surface area contributed by atoms with Crippen LogP contribution in [-0.4, -0.2) is 20.1 Å². The summed E-state index contributed by atoms with van der Waals surface area (Å²) in [6.07, 6.45) is -0.210. The van der Waals surface area contributed by atoms with Crippen molar-refractivity contribution in [2.75, 3.05) is 5.75 Å². The third-order valence-corrected chi connectivity index (χ3v) is 5.28. The van der Waals surface area contributed by atoms with Crippen molar-refractivity contribution in [1.82, 2.24) is 0 Å². The summed E-state index contributed by atoms with van der Waals surface area (Å²) in [6, 6.07) is 11.4. The second-order valence-electron chi connectivity index (χ2n) is 5.27. The van der Waals surface area contributed by atoms with E-state index in [0.29, 0.717) is 16.3 Å². The van der Waals surface area contributed by atoms with E-state index in [9.17, 15) is 13.2 Å². The Labute approximate surface area is 141 Å². The van der Waals surface area contributed by atoms with Crippen LogP contribution in [0.4, 0.5) is 0 Å². The predicted molar refractivity (Wildman–Crippen MR) is 89.7 cm³/mol. The zero-order chi connectivity index (χ0) is 17.0. The highest BCUT2D eigenvalue weighted by molar-refractivity contribution is 7.91. The third-order valence-electron chi connectivity index (χ3n) is 3.32. The number of carbonyl (C=O) groups excluding carboxylic acids is 1. The number of halogens is 1. The Morgan fingerprint density at radius 1 is 1.09 bits per heavy atom. The quantitative estimate of drug-likeness (QED) is 0.607. The monoisotopic (exact) mass is 352 g/mol. The molecule has 0 spiro atoms. The molecular weight excluding hydrogens is 336 g/mol.